The zero-order valence-corrected chi connectivity index (χ0v) is 16.2. The van der Waals surface area contributed by atoms with Crippen LogP contribution in [0.15, 0.2) is 48.5 Å². The molecule has 1 aliphatic rings. The van der Waals surface area contributed by atoms with Crippen LogP contribution in [0.25, 0.3) is 0 Å². The molecular formula is C22H27N3O4. The number of hydrogen-bond donors (Lipinski definition) is 5. The van der Waals surface area contributed by atoms with Crippen molar-refractivity contribution in [3.63, 3.8) is 0 Å². The molecule has 1 fully saturated rings. The third-order valence-electron chi connectivity index (χ3n) is 5.05. The van der Waals surface area contributed by atoms with Crippen LogP contribution in [0.2, 0.25) is 0 Å². The van der Waals surface area contributed by atoms with Crippen LogP contribution in [-0.4, -0.2) is 47.2 Å². The Morgan fingerprint density at radius 3 is 2.55 bits per heavy atom. The fraction of sp³-hybridized carbons (Fsp3) is 0.364. The van der Waals surface area contributed by atoms with Crippen LogP contribution in [0.4, 0.5) is 0 Å². The molecule has 154 valence electrons. The van der Waals surface area contributed by atoms with E-state index in [9.17, 15) is 19.8 Å². The Morgan fingerprint density at radius 2 is 1.86 bits per heavy atom. The molecule has 2 aromatic rings. The second-order valence-corrected chi connectivity index (χ2v) is 7.26. The summed E-state index contributed by atoms with van der Waals surface area (Å²) in [5, 5.41) is 27.9. The lowest BCUT2D eigenvalue weighted by Crippen LogP contribution is -2.52. The van der Waals surface area contributed by atoms with Gasteiger partial charge in [0.05, 0.1) is 6.04 Å². The minimum atomic E-state index is -0.666. The van der Waals surface area contributed by atoms with Crippen LogP contribution < -0.4 is 16.0 Å². The lowest BCUT2D eigenvalue weighted by atomic mass is 10.0. The lowest BCUT2D eigenvalue weighted by molar-refractivity contribution is -0.129. The van der Waals surface area contributed by atoms with Crippen molar-refractivity contribution in [1.82, 2.24) is 16.0 Å². The molecule has 0 bridgehead atoms. The zero-order chi connectivity index (χ0) is 20.6. The Balaban J connectivity index is 1.59. The van der Waals surface area contributed by atoms with Crippen molar-refractivity contribution >= 4 is 11.8 Å². The van der Waals surface area contributed by atoms with E-state index >= 15 is 0 Å². The first-order chi connectivity index (χ1) is 14.0. The average Bonchev–Trinajstić information content (AvgIpc) is 3.26. The molecule has 7 nitrogen and oxygen atoms in total. The first-order valence-corrected chi connectivity index (χ1v) is 9.89. The second-order valence-electron chi connectivity index (χ2n) is 7.26. The summed E-state index contributed by atoms with van der Waals surface area (Å²) in [6.45, 7) is 1.17. The number of rotatable bonds is 8. The Morgan fingerprint density at radius 1 is 1.07 bits per heavy atom. The van der Waals surface area contributed by atoms with E-state index in [4.69, 9.17) is 0 Å². The van der Waals surface area contributed by atoms with Crippen molar-refractivity contribution < 1.29 is 19.8 Å². The van der Waals surface area contributed by atoms with Gasteiger partial charge in [-0.15, -0.1) is 0 Å². The highest BCUT2D eigenvalue weighted by Gasteiger charge is 2.27. The standard InChI is InChI=1S/C22H27N3O4/c26-19-9-8-16(14-20(19)27)10-12-24-21(28)18(13-15-5-2-1-3-6-15)25-22(29)17-7-4-11-23-17/h1-3,5-6,8-9,14,17-18,23,26-27H,4,7,10-13H2,(H,24,28)(H,25,29)/t17-,18-/m0/s1. The van der Waals surface area contributed by atoms with Gasteiger partial charge >= 0.3 is 0 Å². The largest absolute Gasteiger partial charge is 0.504 e. The first-order valence-electron chi connectivity index (χ1n) is 9.89. The lowest BCUT2D eigenvalue weighted by Gasteiger charge is -2.21. The SMILES string of the molecule is O=C(N[C@@H](Cc1ccccc1)C(=O)NCCc1ccc(O)c(O)c1)[C@@H]1CCCN1. The monoisotopic (exact) mass is 397 g/mol. The summed E-state index contributed by atoms with van der Waals surface area (Å²) >= 11 is 0. The molecule has 0 spiro atoms. The number of carbonyl (C=O) groups excluding carboxylic acids is 2. The fourth-order valence-electron chi connectivity index (χ4n) is 3.42. The van der Waals surface area contributed by atoms with E-state index in [0.717, 1.165) is 30.5 Å². The molecule has 29 heavy (non-hydrogen) atoms. The normalized spacial score (nSPS) is 16.9. The number of nitrogens with one attached hydrogen (secondary N) is 3. The van der Waals surface area contributed by atoms with Gasteiger partial charge in [0.2, 0.25) is 11.8 Å². The van der Waals surface area contributed by atoms with Crippen molar-refractivity contribution in [2.75, 3.05) is 13.1 Å². The van der Waals surface area contributed by atoms with Crippen LogP contribution in [0, 0.1) is 0 Å². The molecule has 0 saturated carbocycles. The quantitative estimate of drug-likeness (QED) is 0.431. The predicted molar refractivity (Wildman–Crippen MR) is 110 cm³/mol. The highest BCUT2D eigenvalue weighted by atomic mass is 16.3. The van der Waals surface area contributed by atoms with Crippen molar-refractivity contribution in [2.45, 2.75) is 37.8 Å². The highest BCUT2D eigenvalue weighted by molar-refractivity contribution is 5.90. The van der Waals surface area contributed by atoms with Crippen molar-refractivity contribution in [1.29, 1.82) is 0 Å². The number of amides is 2. The summed E-state index contributed by atoms with van der Waals surface area (Å²) in [4.78, 5) is 25.3. The number of benzene rings is 2. The maximum atomic E-state index is 12.8. The fourth-order valence-corrected chi connectivity index (χ4v) is 3.42. The summed E-state index contributed by atoms with van der Waals surface area (Å²) in [5.74, 6) is -0.763. The van der Waals surface area contributed by atoms with Crippen molar-refractivity contribution in [2.24, 2.45) is 0 Å². The van der Waals surface area contributed by atoms with Gasteiger partial charge in [0.1, 0.15) is 6.04 Å². The van der Waals surface area contributed by atoms with Gasteiger partial charge in [0.25, 0.3) is 0 Å². The van der Waals surface area contributed by atoms with Crippen LogP contribution >= 0.6 is 0 Å². The smallest absolute Gasteiger partial charge is 0.242 e. The Hall–Kier alpha value is -3.06. The Labute approximate surface area is 170 Å². The molecule has 0 aromatic heterocycles. The van der Waals surface area contributed by atoms with Gasteiger partial charge in [-0.05, 0) is 49.1 Å². The summed E-state index contributed by atoms with van der Waals surface area (Å²) in [6.07, 6.45) is 2.63. The maximum Gasteiger partial charge on any atom is 0.242 e. The molecule has 1 saturated heterocycles. The van der Waals surface area contributed by atoms with Crippen LogP contribution in [0.5, 0.6) is 11.5 Å². The van der Waals surface area contributed by atoms with Gasteiger partial charge in [0, 0.05) is 13.0 Å². The summed E-state index contributed by atoms with van der Waals surface area (Å²) in [7, 11) is 0. The third kappa shape index (κ3) is 5.96. The molecule has 2 atom stereocenters. The first kappa shape index (κ1) is 20.7. The number of aromatic hydroxyl groups is 2. The van der Waals surface area contributed by atoms with Crippen LogP contribution in [0.1, 0.15) is 24.0 Å². The molecule has 2 aromatic carbocycles. The summed E-state index contributed by atoms with van der Waals surface area (Å²) in [5.41, 5.74) is 1.76. The van der Waals surface area contributed by atoms with E-state index in [2.05, 4.69) is 16.0 Å². The molecule has 7 heteroatoms. The van der Waals surface area contributed by atoms with E-state index in [1.54, 1.807) is 6.07 Å². The Bertz CT molecular complexity index is 835. The van der Waals surface area contributed by atoms with E-state index in [0.29, 0.717) is 19.4 Å². The third-order valence-corrected chi connectivity index (χ3v) is 5.05. The number of hydrogen-bond acceptors (Lipinski definition) is 5. The minimum absolute atomic E-state index is 0.151. The number of phenolic OH excluding ortho intramolecular Hbond substituents is 2. The maximum absolute atomic E-state index is 12.8. The van der Waals surface area contributed by atoms with Gasteiger partial charge < -0.3 is 26.2 Å². The van der Waals surface area contributed by atoms with E-state index in [-0.39, 0.29) is 29.4 Å². The Kier molecular flexibility index (Phi) is 7.08. The topological polar surface area (TPSA) is 111 Å². The zero-order valence-electron chi connectivity index (χ0n) is 16.2. The molecule has 3 rings (SSSR count). The molecular weight excluding hydrogens is 370 g/mol. The second kappa shape index (κ2) is 9.93. The molecule has 5 N–H and O–H groups in total. The highest BCUT2D eigenvalue weighted by Crippen LogP contribution is 2.24. The molecule has 0 unspecified atom stereocenters. The van der Waals surface area contributed by atoms with Gasteiger partial charge in [-0.2, -0.15) is 0 Å². The summed E-state index contributed by atoms with van der Waals surface area (Å²) < 4.78 is 0. The minimum Gasteiger partial charge on any atom is -0.504 e. The number of carbonyl (C=O) groups is 2. The average molecular weight is 397 g/mol. The molecule has 0 aliphatic carbocycles. The molecule has 1 heterocycles. The van der Waals surface area contributed by atoms with Gasteiger partial charge in [-0.1, -0.05) is 36.4 Å². The van der Waals surface area contributed by atoms with E-state index < -0.39 is 6.04 Å². The van der Waals surface area contributed by atoms with Crippen molar-refractivity contribution in [3.8, 4) is 11.5 Å². The van der Waals surface area contributed by atoms with Gasteiger partial charge in [-0.25, -0.2) is 0 Å². The van der Waals surface area contributed by atoms with Gasteiger partial charge in [0.15, 0.2) is 11.5 Å². The number of phenols is 2. The predicted octanol–water partition coefficient (Wildman–Crippen LogP) is 1.24. The van der Waals surface area contributed by atoms with E-state index in [1.165, 1.54) is 12.1 Å². The van der Waals surface area contributed by atoms with Crippen LogP contribution in [-0.2, 0) is 22.4 Å². The van der Waals surface area contributed by atoms with E-state index in [1.807, 2.05) is 30.3 Å². The molecule has 2 amide bonds. The molecule has 0 radical (unpaired) electrons. The summed E-state index contributed by atoms with van der Waals surface area (Å²) in [6, 6.07) is 13.2. The van der Waals surface area contributed by atoms with Gasteiger partial charge in [-0.3, -0.25) is 9.59 Å². The van der Waals surface area contributed by atoms with Crippen LogP contribution in [0.3, 0.4) is 0 Å². The van der Waals surface area contributed by atoms with Crippen molar-refractivity contribution in [3.05, 3.63) is 59.7 Å². The molecule has 1 aliphatic heterocycles.